The number of nitrogens with zero attached hydrogens (tertiary/aromatic N) is 3. The van der Waals surface area contributed by atoms with Gasteiger partial charge >= 0.3 is 6.03 Å². The van der Waals surface area contributed by atoms with Gasteiger partial charge in [-0.2, -0.15) is 0 Å². The summed E-state index contributed by atoms with van der Waals surface area (Å²) in [5.74, 6) is 1.06. The summed E-state index contributed by atoms with van der Waals surface area (Å²) in [6.07, 6.45) is 6.42. The van der Waals surface area contributed by atoms with Crippen LogP contribution < -0.4 is 5.32 Å². The van der Waals surface area contributed by atoms with Gasteiger partial charge in [-0.1, -0.05) is 12.1 Å². The number of carbonyl (C=O) groups excluding carboxylic acids is 1. The molecule has 1 aliphatic carbocycles. The first-order chi connectivity index (χ1) is 13.2. The number of hydrogen-bond acceptors (Lipinski definition) is 3. The molecule has 0 spiro atoms. The van der Waals surface area contributed by atoms with E-state index in [9.17, 15) is 4.79 Å². The van der Waals surface area contributed by atoms with Crippen LogP contribution in [-0.2, 0) is 4.74 Å². The van der Waals surface area contributed by atoms with E-state index >= 15 is 0 Å². The highest BCUT2D eigenvalue weighted by Gasteiger charge is 2.28. The Bertz CT molecular complexity index is 787. The molecule has 1 saturated carbocycles. The van der Waals surface area contributed by atoms with E-state index in [0.717, 1.165) is 63.0 Å². The lowest BCUT2D eigenvalue weighted by Gasteiger charge is -2.35. The SMILES string of the molecule is COC1CCC(NC(=O)N2CCC(n3c(C)nc4ccccc43)CC2)CC1. The third-order valence-corrected chi connectivity index (χ3v) is 6.22. The molecule has 2 aliphatic rings. The van der Waals surface area contributed by atoms with Crippen molar-refractivity contribution in [3.8, 4) is 0 Å². The second-order valence-corrected chi connectivity index (χ2v) is 7.89. The number of methoxy groups -OCH3 is 1. The van der Waals surface area contributed by atoms with Crippen LogP contribution in [0.5, 0.6) is 0 Å². The summed E-state index contributed by atoms with van der Waals surface area (Å²) in [7, 11) is 1.78. The van der Waals surface area contributed by atoms with Gasteiger partial charge in [-0.3, -0.25) is 0 Å². The van der Waals surface area contributed by atoms with E-state index in [1.807, 2.05) is 11.0 Å². The first-order valence-corrected chi connectivity index (χ1v) is 10.2. The van der Waals surface area contributed by atoms with Crippen LogP contribution in [-0.4, -0.2) is 52.8 Å². The fraction of sp³-hybridized carbons (Fsp3) is 0.619. The number of rotatable bonds is 3. The van der Waals surface area contributed by atoms with E-state index in [2.05, 4.69) is 35.0 Å². The second-order valence-electron chi connectivity index (χ2n) is 7.89. The Hall–Kier alpha value is -2.08. The number of aryl methyl sites for hydroxylation is 1. The van der Waals surface area contributed by atoms with Gasteiger partial charge in [0, 0.05) is 32.3 Å². The predicted molar refractivity (Wildman–Crippen MR) is 106 cm³/mol. The fourth-order valence-electron chi connectivity index (χ4n) is 4.66. The van der Waals surface area contributed by atoms with Crippen molar-refractivity contribution in [1.29, 1.82) is 0 Å². The highest BCUT2D eigenvalue weighted by molar-refractivity contribution is 5.76. The minimum Gasteiger partial charge on any atom is -0.381 e. The van der Waals surface area contributed by atoms with Crippen molar-refractivity contribution in [3.05, 3.63) is 30.1 Å². The number of likely N-dealkylation sites (tertiary alicyclic amines) is 1. The number of benzene rings is 1. The predicted octanol–water partition coefficient (Wildman–Crippen LogP) is 3.65. The lowest BCUT2D eigenvalue weighted by molar-refractivity contribution is 0.0624. The number of carbonyl (C=O) groups is 1. The van der Waals surface area contributed by atoms with E-state index in [-0.39, 0.29) is 6.03 Å². The summed E-state index contributed by atoms with van der Waals surface area (Å²) in [6.45, 7) is 3.68. The van der Waals surface area contributed by atoms with Gasteiger partial charge in [-0.15, -0.1) is 0 Å². The van der Waals surface area contributed by atoms with Gasteiger partial charge in [0.25, 0.3) is 0 Å². The van der Waals surface area contributed by atoms with Crippen LogP contribution in [0.3, 0.4) is 0 Å². The zero-order chi connectivity index (χ0) is 18.8. The van der Waals surface area contributed by atoms with Gasteiger partial charge in [0.15, 0.2) is 0 Å². The summed E-state index contributed by atoms with van der Waals surface area (Å²) in [5.41, 5.74) is 2.26. The first kappa shape index (κ1) is 18.3. The summed E-state index contributed by atoms with van der Waals surface area (Å²) >= 11 is 0. The number of imidazole rings is 1. The zero-order valence-corrected chi connectivity index (χ0v) is 16.4. The molecule has 2 amide bonds. The molecular formula is C21H30N4O2. The van der Waals surface area contributed by atoms with Crippen LogP contribution in [0, 0.1) is 6.92 Å². The molecule has 1 aliphatic heterocycles. The Morgan fingerprint density at radius 1 is 1.11 bits per heavy atom. The molecule has 146 valence electrons. The van der Waals surface area contributed by atoms with E-state index in [0.29, 0.717) is 18.2 Å². The second kappa shape index (κ2) is 7.89. The van der Waals surface area contributed by atoms with Crippen LogP contribution in [0.4, 0.5) is 4.79 Å². The summed E-state index contributed by atoms with van der Waals surface area (Å²) < 4.78 is 7.78. The highest BCUT2D eigenvalue weighted by atomic mass is 16.5. The van der Waals surface area contributed by atoms with Gasteiger partial charge in [0.1, 0.15) is 5.82 Å². The van der Waals surface area contributed by atoms with Crippen molar-refractivity contribution in [2.45, 2.75) is 63.6 Å². The van der Waals surface area contributed by atoms with Crippen LogP contribution in [0.2, 0.25) is 0 Å². The van der Waals surface area contributed by atoms with E-state index in [4.69, 9.17) is 9.72 Å². The van der Waals surface area contributed by atoms with Crippen molar-refractivity contribution in [3.63, 3.8) is 0 Å². The molecule has 1 saturated heterocycles. The first-order valence-electron chi connectivity index (χ1n) is 10.2. The topological polar surface area (TPSA) is 59.4 Å². The Kier molecular flexibility index (Phi) is 5.34. The summed E-state index contributed by atoms with van der Waals surface area (Å²) in [6, 6.07) is 9.12. The Morgan fingerprint density at radius 3 is 2.52 bits per heavy atom. The van der Waals surface area contributed by atoms with E-state index < -0.39 is 0 Å². The number of urea groups is 1. The molecule has 1 aromatic heterocycles. The molecule has 2 aromatic rings. The summed E-state index contributed by atoms with van der Waals surface area (Å²) in [5, 5.41) is 3.24. The van der Waals surface area contributed by atoms with E-state index in [1.165, 1.54) is 5.52 Å². The Morgan fingerprint density at radius 2 is 1.81 bits per heavy atom. The van der Waals surface area contributed by atoms with Crippen molar-refractivity contribution < 1.29 is 9.53 Å². The lowest BCUT2D eigenvalue weighted by Crippen LogP contribution is -2.49. The highest BCUT2D eigenvalue weighted by Crippen LogP contribution is 2.29. The molecule has 0 bridgehead atoms. The third kappa shape index (κ3) is 3.81. The van der Waals surface area contributed by atoms with Crippen LogP contribution >= 0.6 is 0 Å². The number of ether oxygens (including phenoxy) is 1. The minimum atomic E-state index is 0.0986. The average Bonchev–Trinajstić information content (AvgIpc) is 3.04. The Balaban J connectivity index is 1.33. The van der Waals surface area contributed by atoms with Crippen molar-refractivity contribution in [2.24, 2.45) is 0 Å². The number of aromatic nitrogens is 2. The third-order valence-electron chi connectivity index (χ3n) is 6.22. The van der Waals surface area contributed by atoms with Crippen LogP contribution in [0.15, 0.2) is 24.3 Å². The maximum Gasteiger partial charge on any atom is 0.317 e. The maximum absolute atomic E-state index is 12.7. The van der Waals surface area contributed by atoms with Gasteiger partial charge < -0.3 is 19.5 Å². The molecular weight excluding hydrogens is 340 g/mol. The van der Waals surface area contributed by atoms with Gasteiger partial charge in [-0.05, 0) is 57.6 Å². The smallest absolute Gasteiger partial charge is 0.317 e. The Labute approximate surface area is 160 Å². The fourth-order valence-corrected chi connectivity index (χ4v) is 4.66. The number of para-hydroxylation sites is 2. The molecule has 27 heavy (non-hydrogen) atoms. The minimum absolute atomic E-state index is 0.0986. The van der Waals surface area contributed by atoms with Crippen molar-refractivity contribution >= 4 is 17.1 Å². The number of amides is 2. The molecule has 6 heteroatoms. The average molecular weight is 370 g/mol. The molecule has 1 N–H and O–H groups in total. The lowest BCUT2D eigenvalue weighted by atomic mass is 9.93. The molecule has 6 nitrogen and oxygen atoms in total. The largest absolute Gasteiger partial charge is 0.381 e. The summed E-state index contributed by atoms with van der Waals surface area (Å²) in [4.78, 5) is 19.3. The molecule has 0 radical (unpaired) electrons. The standard InChI is InChI=1S/C21H30N4O2/c1-15-22-19-5-3-4-6-20(19)25(15)17-11-13-24(14-12-17)21(26)23-16-7-9-18(27-2)10-8-16/h3-6,16-18H,7-14H2,1-2H3,(H,23,26). The van der Waals surface area contributed by atoms with Crippen molar-refractivity contribution in [1.82, 2.24) is 19.8 Å². The zero-order valence-electron chi connectivity index (χ0n) is 16.4. The molecule has 4 rings (SSSR count). The molecule has 0 atom stereocenters. The number of piperidine rings is 1. The normalized spacial score (nSPS) is 24.3. The van der Waals surface area contributed by atoms with E-state index in [1.54, 1.807) is 7.11 Å². The van der Waals surface area contributed by atoms with Crippen LogP contribution in [0.1, 0.15) is 50.4 Å². The van der Waals surface area contributed by atoms with Gasteiger partial charge in [0.05, 0.1) is 17.1 Å². The number of fused-ring (bicyclic) bond motifs is 1. The molecule has 1 aromatic carbocycles. The van der Waals surface area contributed by atoms with Gasteiger partial charge in [0.2, 0.25) is 0 Å². The quantitative estimate of drug-likeness (QED) is 0.897. The molecule has 2 fully saturated rings. The number of nitrogens with one attached hydrogen (secondary N) is 1. The molecule has 0 unspecified atom stereocenters. The van der Waals surface area contributed by atoms with Crippen molar-refractivity contribution in [2.75, 3.05) is 20.2 Å². The van der Waals surface area contributed by atoms with Crippen LogP contribution in [0.25, 0.3) is 11.0 Å². The van der Waals surface area contributed by atoms with Gasteiger partial charge in [-0.25, -0.2) is 9.78 Å². The monoisotopic (exact) mass is 370 g/mol. The maximum atomic E-state index is 12.7. The molecule has 2 heterocycles. The number of hydrogen-bond donors (Lipinski definition) is 1.